The number of hydrogen-bond donors (Lipinski definition) is 3. The highest BCUT2D eigenvalue weighted by Crippen LogP contribution is 2.36. The molecule has 0 aliphatic heterocycles. The van der Waals surface area contributed by atoms with E-state index in [1.807, 2.05) is 18.2 Å². The van der Waals surface area contributed by atoms with Crippen LogP contribution in [0.5, 0.6) is 0 Å². The summed E-state index contributed by atoms with van der Waals surface area (Å²) in [7, 11) is -4.78. The number of esters is 2. The molecule has 9 nitrogen and oxygen atoms in total. The molecule has 0 radical (unpaired) electrons. The zero-order chi connectivity index (χ0) is 38.4. The van der Waals surface area contributed by atoms with Crippen LogP contribution in [-0.4, -0.2) is 52.3 Å². The lowest BCUT2D eigenvalue weighted by atomic mass is 10.0. The van der Waals surface area contributed by atoms with Gasteiger partial charge in [0.05, 0.1) is 12.7 Å². The molecule has 0 heterocycles. The molecule has 0 aliphatic rings. The Kier molecular flexibility index (Phi) is 35.8. The number of aliphatic hydroxyl groups excluding tert-OH is 1. The summed E-state index contributed by atoms with van der Waals surface area (Å²) in [4.78, 5) is 42.8. The molecule has 0 rings (SSSR count). The van der Waals surface area contributed by atoms with Crippen molar-refractivity contribution in [2.45, 2.75) is 193 Å². The first-order chi connectivity index (χ1) is 25.2. The molecule has 0 spiro atoms. The third-order valence-electron chi connectivity index (χ3n) is 8.66. The molecule has 10 heteroatoms. The summed E-state index contributed by atoms with van der Waals surface area (Å²) in [5.74, 6) is -0.968. The van der Waals surface area contributed by atoms with E-state index < -0.39 is 32.5 Å². The predicted octanol–water partition coefficient (Wildman–Crippen LogP) is 11.3. The topological polar surface area (TPSA) is 140 Å². The van der Waals surface area contributed by atoms with Gasteiger partial charge < -0.3 is 24.4 Å². The second-order valence-corrected chi connectivity index (χ2v) is 15.0. The van der Waals surface area contributed by atoms with E-state index in [9.17, 15) is 19.3 Å². The smallest absolute Gasteiger partial charge is 0.462 e. The highest BCUT2D eigenvalue weighted by molar-refractivity contribution is 7.46. The molecular formula is C42H75O9P. The monoisotopic (exact) mass is 755 g/mol. The number of carbonyl (C=O) groups is 2. The Morgan fingerprint density at radius 1 is 0.577 bits per heavy atom. The minimum Gasteiger partial charge on any atom is -0.462 e. The first kappa shape index (κ1) is 50.0. The molecule has 0 fully saturated rings. The Bertz CT molecular complexity index is 1000. The zero-order valence-corrected chi connectivity index (χ0v) is 33.7. The van der Waals surface area contributed by atoms with E-state index in [0.29, 0.717) is 25.7 Å². The maximum Gasteiger partial charge on any atom is 0.469 e. The second-order valence-electron chi connectivity index (χ2n) is 13.8. The Hall–Kier alpha value is -2.03. The summed E-state index contributed by atoms with van der Waals surface area (Å²) >= 11 is 0. The number of ether oxygens (including phenoxy) is 2. The fourth-order valence-corrected chi connectivity index (χ4v) is 5.98. The van der Waals surface area contributed by atoms with Gasteiger partial charge in [0.2, 0.25) is 0 Å². The van der Waals surface area contributed by atoms with Gasteiger partial charge in [-0.15, -0.1) is 0 Å². The number of allylic oxidation sites excluding steroid dienone is 7. The molecule has 0 saturated carbocycles. The van der Waals surface area contributed by atoms with E-state index in [2.05, 4.69) is 48.8 Å². The molecule has 52 heavy (non-hydrogen) atoms. The van der Waals surface area contributed by atoms with Crippen LogP contribution in [0.15, 0.2) is 48.6 Å². The molecule has 2 atom stereocenters. The van der Waals surface area contributed by atoms with E-state index in [-0.39, 0.29) is 25.6 Å². The van der Waals surface area contributed by atoms with Crippen molar-refractivity contribution in [2.75, 3.05) is 13.2 Å². The van der Waals surface area contributed by atoms with Gasteiger partial charge in [-0.2, -0.15) is 0 Å². The first-order valence-corrected chi connectivity index (χ1v) is 22.0. The molecule has 0 aromatic rings. The summed E-state index contributed by atoms with van der Waals surface area (Å²) in [6.45, 7) is 3.44. The molecule has 302 valence electrons. The highest BCUT2D eigenvalue weighted by Gasteiger charge is 2.22. The third-order valence-corrected chi connectivity index (χ3v) is 9.14. The number of phosphoric acid groups is 1. The third kappa shape index (κ3) is 39.2. The molecule has 3 N–H and O–H groups in total. The summed E-state index contributed by atoms with van der Waals surface area (Å²) in [6, 6.07) is 0. The average molecular weight is 755 g/mol. The summed E-state index contributed by atoms with van der Waals surface area (Å²) in [5, 5.41) is 9.70. The van der Waals surface area contributed by atoms with Gasteiger partial charge >= 0.3 is 19.8 Å². The van der Waals surface area contributed by atoms with E-state index in [1.54, 1.807) is 0 Å². The normalized spacial score (nSPS) is 13.6. The van der Waals surface area contributed by atoms with Gasteiger partial charge in [-0.3, -0.25) is 14.1 Å². The lowest BCUT2D eigenvalue weighted by molar-refractivity contribution is -0.161. The molecule has 1 unspecified atom stereocenters. The summed E-state index contributed by atoms with van der Waals surface area (Å²) in [6.07, 6.45) is 41.8. The van der Waals surface area contributed by atoms with Gasteiger partial charge in [-0.25, -0.2) is 4.57 Å². The van der Waals surface area contributed by atoms with Crippen molar-refractivity contribution in [3.05, 3.63) is 48.6 Å². The number of rotatable bonds is 37. The Balaban J connectivity index is 4.04. The Labute approximate surface area is 317 Å². The second kappa shape index (κ2) is 37.3. The number of aliphatic hydroxyl groups is 1. The number of carbonyl (C=O) groups excluding carboxylic acids is 2. The van der Waals surface area contributed by atoms with Gasteiger partial charge in [-0.1, -0.05) is 165 Å². The van der Waals surface area contributed by atoms with Crippen LogP contribution in [-0.2, 0) is 28.2 Å². The quantitative estimate of drug-likeness (QED) is 0.0245. The average Bonchev–Trinajstić information content (AvgIpc) is 3.10. The zero-order valence-electron chi connectivity index (χ0n) is 32.8. The molecule has 0 amide bonds. The summed E-state index contributed by atoms with van der Waals surface area (Å²) in [5.41, 5.74) is 0. The van der Waals surface area contributed by atoms with Crippen molar-refractivity contribution in [1.82, 2.24) is 0 Å². The van der Waals surface area contributed by atoms with Crippen LogP contribution in [0.25, 0.3) is 0 Å². The molecule has 0 saturated heterocycles. The van der Waals surface area contributed by atoms with E-state index in [4.69, 9.17) is 19.3 Å². The number of phosphoric ester groups is 1. The van der Waals surface area contributed by atoms with Crippen LogP contribution in [0.3, 0.4) is 0 Å². The molecule has 0 aromatic heterocycles. The van der Waals surface area contributed by atoms with Crippen LogP contribution in [0.4, 0.5) is 0 Å². The summed E-state index contributed by atoms with van der Waals surface area (Å²) < 4.78 is 26.3. The Morgan fingerprint density at radius 2 is 1.04 bits per heavy atom. The van der Waals surface area contributed by atoms with Crippen molar-refractivity contribution < 1.29 is 43.0 Å². The number of unbranched alkanes of at least 4 members (excludes halogenated alkanes) is 16. The van der Waals surface area contributed by atoms with Gasteiger partial charge in [-0.05, 0) is 51.4 Å². The fraction of sp³-hybridized carbons (Fsp3) is 0.762. The molecular weight excluding hydrogens is 679 g/mol. The maximum absolute atomic E-state index is 12.4. The van der Waals surface area contributed by atoms with Gasteiger partial charge in [0.25, 0.3) is 0 Å². The maximum atomic E-state index is 12.4. The van der Waals surface area contributed by atoms with Crippen LogP contribution in [0, 0.1) is 0 Å². The molecule has 0 aliphatic carbocycles. The van der Waals surface area contributed by atoms with E-state index in [1.165, 1.54) is 83.5 Å². The van der Waals surface area contributed by atoms with Crippen LogP contribution < -0.4 is 0 Å². The lowest BCUT2D eigenvalue weighted by Crippen LogP contribution is -2.29. The number of hydrogen-bond acceptors (Lipinski definition) is 7. The van der Waals surface area contributed by atoms with Gasteiger partial charge in [0.1, 0.15) is 6.61 Å². The molecule has 0 aromatic carbocycles. The predicted molar refractivity (Wildman–Crippen MR) is 213 cm³/mol. The van der Waals surface area contributed by atoms with Crippen molar-refractivity contribution in [3.8, 4) is 0 Å². The van der Waals surface area contributed by atoms with Crippen LogP contribution >= 0.6 is 7.82 Å². The van der Waals surface area contributed by atoms with Crippen LogP contribution in [0.2, 0.25) is 0 Å². The van der Waals surface area contributed by atoms with Crippen molar-refractivity contribution >= 4 is 19.8 Å². The van der Waals surface area contributed by atoms with Gasteiger partial charge in [0, 0.05) is 12.8 Å². The first-order valence-electron chi connectivity index (χ1n) is 20.5. The standard InChI is InChI=1S/C42H75O9P/c1-3-5-6-7-8-9-10-11-12-13-16-19-22-25-28-31-35-41(44)49-37-40(38-50-52(46,47)48)51-42(45)36-32-29-26-23-20-17-14-15-18-21-24-27-30-34-39(43)33-4-2/h14,17-18,21,23,26-27,30,39-40,43H,3-13,15-16,19-20,22,24-25,28-29,31-38H2,1-2H3,(H2,46,47,48)/b17-14-,21-18-,26-23-,30-27-/t39?,40-/m1/s1. The fourth-order valence-electron chi connectivity index (χ4n) is 5.62. The minimum absolute atomic E-state index is 0.122. The molecule has 0 bridgehead atoms. The van der Waals surface area contributed by atoms with Crippen molar-refractivity contribution in [3.63, 3.8) is 0 Å². The van der Waals surface area contributed by atoms with Gasteiger partial charge in [0.15, 0.2) is 6.10 Å². The highest BCUT2D eigenvalue weighted by atomic mass is 31.2. The SMILES string of the molecule is CCCCCCCCCCCCCCCCCCC(=O)OC[C@H](COP(=O)(O)O)OC(=O)CCC/C=C\C/C=C\C/C=C\C/C=C\CC(O)CCC. The van der Waals surface area contributed by atoms with E-state index in [0.717, 1.165) is 44.9 Å². The van der Waals surface area contributed by atoms with E-state index >= 15 is 0 Å². The van der Waals surface area contributed by atoms with Crippen molar-refractivity contribution in [2.24, 2.45) is 0 Å². The Morgan fingerprint density at radius 3 is 1.54 bits per heavy atom. The largest absolute Gasteiger partial charge is 0.469 e. The van der Waals surface area contributed by atoms with Crippen LogP contribution in [0.1, 0.15) is 181 Å². The van der Waals surface area contributed by atoms with Crippen molar-refractivity contribution in [1.29, 1.82) is 0 Å². The lowest BCUT2D eigenvalue weighted by Gasteiger charge is -2.18. The minimum atomic E-state index is -4.78.